The van der Waals surface area contributed by atoms with Gasteiger partial charge in [-0.3, -0.25) is 9.59 Å². The minimum atomic E-state index is -0.689. The highest BCUT2D eigenvalue weighted by Crippen LogP contribution is 2.31. The molecule has 1 saturated carbocycles. The first-order valence-corrected chi connectivity index (χ1v) is 4.81. The summed E-state index contributed by atoms with van der Waals surface area (Å²) in [6, 6.07) is 0. The molecule has 0 saturated heterocycles. The van der Waals surface area contributed by atoms with Crippen LogP contribution in [0.15, 0.2) is 0 Å². The molecule has 1 rings (SSSR count). The summed E-state index contributed by atoms with van der Waals surface area (Å²) in [6.45, 7) is 2.57. The summed E-state index contributed by atoms with van der Waals surface area (Å²) in [7, 11) is 1.70. The highest BCUT2D eigenvalue weighted by atomic mass is 16.2. The number of carbonyl (C=O) groups excluding carboxylic acids is 2. The number of nitrogens with zero attached hydrogens (tertiary/aromatic N) is 1. The van der Waals surface area contributed by atoms with Gasteiger partial charge in [-0.25, -0.2) is 0 Å². The Kier molecular flexibility index (Phi) is 3.10. The SMILES string of the molecule is CCN(C)C(=O)CNC(=O)C1(N)CC1. The number of nitrogens with two attached hydrogens (primary N) is 1. The third-order valence-electron chi connectivity index (χ3n) is 2.54. The molecule has 0 radical (unpaired) electrons. The number of hydrogen-bond acceptors (Lipinski definition) is 3. The number of carbonyl (C=O) groups is 2. The van der Waals surface area contributed by atoms with Crippen molar-refractivity contribution in [1.29, 1.82) is 0 Å². The highest BCUT2D eigenvalue weighted by Gasteiger charge is 2.45. The second-order valence-corrected chi connectivity index (χ2v) is 3.75. The number of amides is 2. The maximum atomic E-state index is 11.3. The second kappa shape index (κ2) is 3.96. The van der Waals surface area contributed by atoms with E-state index in [0.29, 0.717) is 6.54 Å². The van der Waals surface area contributed by atoms with Gasteiger partial charge >= 0.3 is 0 Å². The van der Waals surface area contributed by atoms with Gasteiger partial charge in [0.25, 0.3) is 0 Å². The summed E-state index contributed by atoms with van der Waals surface area (Å²) >= 11 is 0. The Labute approximate surface area is 83.6 Å². The molecule has 2 amide bonds. The molecule has 0 aromatic carbocycles. The predicted octanol–water partition coefficient (Wildman–Crippen LogP) is -0.928. The van der Waals surface area contributed by atoms with Crippen molar-refractivity contribution >= 4 is 11.8 Å². The zero-order valence-corrected chi connectivity index (χ0v) is 8.67. The van der Waals surface area contributed by atoms with E-state index in [4.69, 9.17) is 5.73 Å². The van der Waals surface area contributed by atoms with Crippen LogP contribution in [0.3, 0.4) is 0 Å². The van der Waals surface area contributed by atoms with E-state index in [1.165, 1.54) is 0 Å². The third kappa shape index (κ3) is 2.45. The van der Waals surface area contributed by atoms with Gasteiger partial charge in [-0.1, -0.05) is 0 Å². The lowest BCUT2D eigenvalue weighted by Gasteiger charge is -2.15. The summed E-state index contributed by atoms with van der Waals surface area (Å²) in [5, 5.41) is 2.54. The van der Waals surface area contributed by atoms with Gasteiger partial charge in [0.05, 0.1) is 12.1 Å². The fourth-order valence-corrected chi connectivity index (χ4v) is 1.00. The van der Waals surface area contributed by atoms with Crippen LogP contribution in [-0.2, 0) is 9.59 Å². The Hall–Kier alpha value is -1.10. The Bertz CT molecular complexity index is 248. The number of rotatable bonds is 4. The van der Waals surface area contributed by atoms with E-state index in [0.717, 1.165) is 12.8 Å². The van der Waals surface area contributed by atoms with Gasteiger partial charge in [0, 0.05) is 13.6 Å². The van der Waals surface area contributed by atoms with Crippen LogP contribution in [0.25, 0.3) is 0 Å². The quantitative estimate of drug-likeness (QED) is 0.614. The normalized spacial score (nSPS) is 17.4. The highest BCUT2D eigenvalue weighted by molar-refractivity contribution is 5.92. The molecule has 3 N–H and O–H groups in total. The first kappa shape index (κ1) is 11.0. The Balaban J connectivity index is 2.26. The largest absolute Gasteiger partial charge is 0.345 e. The molecule has 0 atom stereocenters. The molecule has 1 fully saturated rings. The fourth-order valence-electron chi connectivity index (χ4n) is 1.00. The molecule has 5 nitrogen and oxygen atoms in total. The smallest absolute Gasteiger partial charge is 0.241 e. The third-order valence-corrected chi connectivity index (χ3v) is 2.54. The molecule has 0 bridgehead atoms. The molecule has 5 heteroatoms. The van der Waals surface area contributed by atoms with Gasteiger partial charge in [0.1, 0.15) is 0 Å². The van der Waals surface area contributed by atoms with Gasteiger partial charge in [-0.15, -0.1) is 0 Å². The molecule has 0 spiro atoms. The minimum Gasteiger partial charge on any atom is -0.345 e. The van der Waals surface area contributed by atoms with E-state index in [1.54, 1.807) is 11.9 Å². The lowest BCUT2D eigenvalue weighted by atomic mass is 10.3. The lowest BCUT2D eigenvalue weighted by molar-refractivity contribution is -0.132. The molecule has 0 aromatic rings. The average molecular weight is 199 g/mol. The molecular weight excluding hydrogens is 182 g/mol. The topological polar surface area (TPSA) is 75.4 Å². The minimum absolute atomic E-state index is 0.0438. The molecule has 80 valence electrons. The van der Waals surface area contributed by atoms with Crippen molar-refractivity contribution < 1.29 is 9.59 Å². The molecule has 1 aliphatic rings. The molecule has 0 aliphatic heterocycles. The van der Waals surface area contributed by atoms with Crippen LogP contribution in [0.4, 0.5) is 0 Å². The lowest BCUT2D eigenvalue weighted by Crippen LogP contribution is -2.46. The van der Waals surface area contributed by atoms with Crippen molar-refractivity contribution in [3.63, 3.8) is 0 Å². The molecule has 0 unspecified atom stereocenters. The zero-order valence-electron chi connectivity index (χ0n) is 8.67. The van der Waals surface area contributed by atoms with Crippen LogP contribution < -0.4 is 11.1 Å². The summed E-state index contributed by atoms with van der Waals surface area (Å²) in [4.78, 5) is 24.2. The van der Waals surface area contributed by atoms with Gasteiger partial charge in [-0.2, -0.15) is 0 Å². The van der Waals surface area contributed by atoms with E-state index < -0.39 is 5.54 Å². The van der Waals surface area contributed by atoms with E-state index >= 15 is 0 Å². The molecule has 1 aliphatic carbocycles. The molecular formula is C9H17N3O2. The number of nitrogens with one attached hydrogen (secondary N) is 1. The predicted molar refractivity (Wildman–Crippen MR) is 52.5 cm³/mol. The van der Waals surface area contributed by atoms with Crippen LogP contribution in [-0.4, -0.2) is 42.4 Å². The van der Waals surface area contributed by atoms with Crippen LogP contribution >= 0.6 is 0 Å². The summed E-state index contributed by atoms with van der Waals surface area (Å²) in [6.07, 6.45) is 1.44. The molecule has 0 heterocycles. The first-order chi connectivity index (χ1) is 6.49. The van der Waals surface area contributed by atoms with Crippen molar-refractivity contribution in [3.8, 4) is 0 Å². The van der Waals surface area contributed by atoms with E-state index in [-0.39, 0.29) is 18.4 Å². The van der Waals surface area contributed by atoms with Crippen molar-refractivity contribution in [3.05, 3.63) is 0 Å². The molecule has 14 heavy (non-hydrogen) atoms. The van der Waals surface area contributed by atoms with Crippen LogP contribution in [0.1, 0.15) is 19.8 Å². The maximum absolute atomic E-state index is 11.3. The van der Waals surface area contributed by atoms with Crippen LogP contribution in [0.2, 0.25) is 0 Å². The van der Waals surface area contributed by atoms with Crippen LogP contribution in [0.5, 0.6) is 0 Å². The molecule has 0 aromatic heterocycles. The number of likely N-dealkylation sites (N-methyl/N-ethyl adjacent to an activating group) is 1. The monoisotopic (exact) mass is 199 g/mol. The van der Waals surface area contributed by atoms with Crippen molar-refractivity contribution in [2.45, 2.75) is 25.3 Å². The Morgan fingerprint density at radius 2 is 2.07 bits per heavy atom. The first-order valence-electron chi connectivity index (χ1n) is 4.81. The fraction of sp³-hybridized carbons (Fsp3) is 0.778. The van der Waals surface area contributed by atoms with Crippen LogP contribution in [0, 0.1) is 0 Å². The van der Waals surface area contributed by atoms with Crippen molar-refractivity contribution in [2.75, 3.05) is 20.1 Å². The number of hydrogen-bond donors (Lipinski definition) is 2. The maximum Gasteiger partial charge on any atom is 0.241 e. The van der Waals surface area contributed by atoms with Gasteiger partial charge in [0.15, 0.2) is 0 Å². The average Bonchev–Trinajstić information content (AvgIpc) is 2.92. The Morgan fingerprint density at radius 1 is 1.50 bits per heavy atom. The van der Waals surface area contributed by atoms with Gasteiger partial charge in [-0.05, 0) is 19.8 Å². The second-order valence-electron chi connectivity index (χ2n) is 3.75. The Morgan fingerprint density at radius 3 is 2.50 bits per heavy atom. The van der Waals surface area contributed by atoms with E-state index in [2.05, 4.69) is 5.32 Å². The van der Waals surface area contributed by atoms with Crippen molar-refractivity contribution in [1.82, 2.24) is 10.2 Å². The standard InChI is InChI=1S/C9H17N3O2/c1-3-12(2)7(13)6-11-8(14)9(10)4-5-9/h3-6,10H2,1-2H3,(H,11,14). The zero-order chi connectivity index (χ0) is 10.8. The van der Waals surface area contributed by atoms with Crippen molar-refractivity contribution in [2.24, 2.45) is 5.73 Å². The summed E-state index contributed by atoms with van der Waals surface area (Å²) < 4.78 is 0. The van der Waals surface area contributed by atoms with E-state index in [9.17, 15) is 9.59 Å². The van der Waals surface area contributed by atoms with Gasteiger partial charge < -0.3 is 16.0 Å². The summed E-state index contributed by atoms with van der Waals surface area (Å²) in [5.74, 6) is -0.305. The van der Waals surface area contributed by atoms with Gasteiger partial charge in [0.2, 0.25) is 11.8 Å². The summed E-state index contributed by atoms with van der Waals surface area (Å²) in [5.41, 5.74) is 4.96. The van der Waals surface area contributed by atoms with E-state index in [1.807, 2.05) is 6.92 Å².